The standard InChI is InChI=1S/C10H9BO2/c1-12-8-2-3-10-7(4-8)5-9(6-11)13-10/h2-5H,6H2,1H3. The summed E-state index contributed by atoms with van der Waals surface area (Å²) in [7, 11) is 7.10. The van der Waals surface area contributed by atoms with Gasteiger partial charge in [-0.25, -0.2) is 0 Å². The first-order valence-electron chi connectivity index (χ1n) is 4.10. The number of hydrogen-bond acceptors (Lipinski definition) is 2. The third-order valence-electron chi connectivity index (χ3n) is 1.98. The molecule has 2 aromatic rings. The Morgan fingerprint density at radius 2 is 2.23 bits per heavy atom. The van der Waals surface area contributed by atoms with Crippen LogP contribution >= 0.6 is 0 Å². The van der Waals surface area contributed by atoms with Gasteiger partial charge in [0.15, 0.2) is 0 Å². The van der Waals surface area contributed by atoms with Gasteiger partial charge in [0.2, 0.25) is 0 Å². The van der Waals surface area contributed by atoms with Gasteiger partial charge in [-0.15, -0.1) is 0 Å². The van der Waals surface area contributed by atoms with Crippen LogP contribution in [-0.2, 0) is 6.32 Å². The fraction of sp³-hybridized carbons (Fsp3) is 0.200. The monoisotopic (exact) mass is 172 g/mol. The van der Waals surface area contributed by atoms with Crippen LogP contribution in [0.1, 0.15) is 5.76 Å². The minimum absolute atomic E-state index is 0.428. The van der Waals surface area contributed by atoms with Gasteiger partial charge in [0.1, 0.15) is 11.3 Å². The Labute approximate surface area is 77.9 Å². The van der Waals surface area contributed by atoms with E-state index in [0.29, 0.717) is 6.32 Å². The molecule has 1 aromatic heterocycles. The van der Waals surface area contributed by atoms with Crippen LogP contribution in [-0.4, -0.2) is 15.0 Å². The van der Waals surface area contributed by atoms with Crippen molar-refractivity contribution in [1.29, 1.82) is 0 Å². The van der Waals surface area contributed by atoms with E-state index in [1.807, 2.05) is 24.3 Å². The lowest BCUT2D eigenvalue weighted by molar-refractivity contribution is 0.415. The summed E-state index contributed by atoms with van der Waals surface area (Å²) in [4.78, 5) is 0. The second-order valence-corrected chi connectivity index (χ2v) is 2.82. The largest absolute Gasteiger partial charge is 0.497 e. The molecule has 0 unspecified atom stereocenters. The van der Waals surface area contributed by atoms with Crippen LogP contribution < -0.4 is 4.74 Å². The van der Waals surface area contributed by atoms with Crippen LogP contribution in [0.25, 0.3) is 11.0 Å². The highest BCUT2D eigenvalue weighted by molar-refractivity contribution is 6.08. The average Bonchev–Trinajstić information content (AvgIpc) is 2.58. The fourth-order valence-corrected chi connectivity index (χ4v) is 1.30. The zero-order chi connectivity index (χ0) is 9.26. The molecule has 0 amide bonds. The van der Waals surface area contributed by atoms with Crippen molar-refractivity contribution in [1.82, 2.24) is 0 Å². The molecule has 0 aliphatic heterocycles. The number of furan rings is 1. The van der Waals surface area contributed by atoms with E-state index in [4.69, 9.17) is 17.0 Å². The Morgan fingerprint density at radius 3 is 2.92 bits per heavy atom. The zero-order valence-corrected chi connectivity index (χ0v) is 7.41. The lowest BCUT2D eigenvalue weighted by Gasteiger charge is -1.96. The van der Waals surface area contributed by atoms with Crippen LogP contribution in [0.4, 0.5) is 0 Å². The molecule has 3 heteroatoms. The first-order chi connectivity index (χ1) is 6.33. The molecule has 0 fully saturated rings. The number of rotatable bonds is 2. The van der Waals surface area contributed by atoms with Gasteiger partial charge >= 0.3 is 0 Å². The van der Waals surface area contributed by atoms with Crippen molar-refractivity contribution >= 4 is 18.8 Å². The van der Waals surface area contributed by atoms with Crippen LogP contribution in [0.2, 0.25) is 0 Å². The Bertz CT molecular complexity index is 418. The molecule has 0 bridgehead atoms. The van der Waals surface area contributed by atoms with E-state index >= 15 is 0 Å². The number of hydrogen-bond donors (Lipinski definition) is 0. The third-order valence-corrected chi connectivity index (χ3v) is 1.98. The van der Waals surface area contributed by atoms with Crippen LogP contribution in [0, 0.1) is 0 Å². The summed E-state index contributed by atoms with van der Waals surface area (Å²) < 4.78 is 10.5. The Morgan fingerprint density at radius 1 is 1.38 bits per heavy atom. The molecule has 13 heavy (non-hydrogen) atoms. The molecule has 2 nitrogen and oxygen atoms in total. The molecule has 0 saturated carbocycles. The van der Waals surface area contributed by atoms with Gasteiger partial charge in [-0.1, -0.05) is 0 Å². The summed E-state index contributed by atoms with van der Waals surface area (Å²) in [5.74, 6) is 1.63. The highest BCUT2D eigenvalue weighted by Crippen LogP contribution is 2.23. The normalized spacial score (nSPS) is 10.5. The molecule has 0 spiro atoms. The average molecular weight is 172 g/mol. The van der Waals surface area contributed by atoms with E-state index in [1.165, 1.54) is 0 Å². The minimum Gasteiger partial charge on any atom is -0.497 e. The minimum atomic E-state index is 0.428. The fourth-order valence-electron chi connectivity index (χ4n) is 1.30. The summed E-state index contributed by atoms with van der Waals surface area (Å²) >= 11 is 0. The quantitative estimate of drug-likeness (QED) is 0.647. The molecule has 2 radical (unpaired) electrons. The van der Waals surface area contributed by atoms with E-state index < -0.39 is 0 Å². The maximum absolute atomic E-state index is 5.46. The molecule has 0 atom stereocenters. The summed E-state index contributed by atoms with van der Waals surface area (Å²) in [6, 6.07) is 7.61. The Hall–Kier alpha value is -1.38. The molecule has 64 valence electrons. The van der Waals surface area contributed by atoms with Gasteiger partial charge in [0, 0.05) is 5.39 Å². The second kappa shape index (κ2) is 3.17. The molecule has 0 aliphatic rings. The van der Waals surface area contributed by atoms with Crippen LogP contribution in [0.3, 0.4) is 0 Å². The topological polar surface area (TPSA) is 22.4 Å². The van der Waals surface area contributed by atoms with Gasteiger partial charge in [-0.3, -0.25) is 0 Å². The zero-order valence-electron chi connectivity index (χ0n) is 7.41. The lowest BCUT2D eigenvalue weighted by Crippen LogP contribution is -1.79. The number of ether oxygens (including phenoxy) is 1. The molecular weight excluding hydrogens is 163 g/mol. The summed E-state index contributed by atoms with van der Waals surface area (Å²) in [6.07, 6.45) is 0.428. The molecule has 1 heterocycles. The van der Waals surface area contributed by atoms with E-state index in [9.17, 15) is 0 Å². The molecule has 2 rings (SSSR count). The van der Waals surface area contributed by atoms with E-state index in [2.05, 4.69) is 0 Å². The molecule has 0 aliphatic carbocycles. The van der Waals surface area contributed by atoms with Crippen molar-refractivity contribution in [3.05, 3.63) is 30.0 Å². The van der Waals surface area contributed by atoms with Gasteiger partial charge in [0.25, 0.3) is 0 Å². The van der Waals surface area contributed by atoms with Crippen molar-refractivity contribution in [3.63, 3.8) is 0 Å². The van der Waals surface area contributed by atoms with Crippen molar-refractivity contribution < 1.29 is 9.15 Å². The smallest absolute Gasteiger partial charge is 0.134 e. The van der Waals surface area contributed by atoms with E-state index in [0.717, 1.165) is 22.5 Å². The molecule has 0 saturated heterocycles. The number of fused-ring (bicyclic) bond motifs is 1. The third kappa shape index (κ3) is 1.42. The summed E-state index contributed by atoms with van der Waals surface area (Å²) in [5.41, 5.74) is 0.848. The molecular formula is C10H9BO2. The van der Waals surface area contributed by atoms with Gasteiger partial charge in [0.05, 0.1) is 20.7 Å². The highest BCUT2D eigenvalue weighted by atomic mass is 16.5. The maximum atomic E-state index is 5.46. The predicted molar refractivity (Wildman–Crippen MR) is 52.2 cm³/mol. The Kier molecular flexibility index (Phi) is 2.01. The van der Waals surface area contributed by atoms with Crippen LogP contribution in [0.15, 0.2) is 28.7 Å². The summed E-state index contributed by atoms with van der Waals surface area (Å²) in [5, 5.41) is 1.03. The first kappa shape index (κ1) is 8.23. The maximum Gasteiger partial charge on any atom is 0.134 e. The predicted octanol–water partition coefficient (Wildman–Crippen LogP) is 2.11. The second-order valence-electron chi connectivity index (χ2n) is 2.82. The molecule has 1 aromatic carbocycles. The number of benzene rings is 1. The van der Waals surface area contributed by atoms with Crippen molar-refractivity contribution in [2.45, 2.75) is 6.32 Å². The van der Waals surface area contributed by atoms with Crippen molar-refractivity contribution in [2.24, 2.45) is 0 Å². The molecule has 0 N–H and O–H groups in total. The van der Waals surface area contributed by atoms with E-state index in [-0.39, 0.29) is 0 Å². The van der Waals surface area contributed by atoms with Crippen molar-refractivity contribution in [2.75, 3.05) is 7.11 Å². The van der Waals surface area contributed by atoms with Crippen molar-refractivity contribution in [3.8, 4) is 5.75 Å². The first-order valence-corrected chi connectivity index (χ1v) is 4.10. The van der Waals surface area contributed by atoms with Crippen LogP contribution in [0.5, 0.6) is 5.75 Å². The lowest BCUT2D eigenvalue weighted by atomic mass is 10.0. The highest BCUT2D eigenvalue weighted by Gasteiger charge is 2.02. The number of methoxy groups -OCH3 is 1. The van der Waals surface area contributed by atoms with Gasteiger partial charge < -0.3 is 9.15 Å². The van der Waals surface area contributed by atoms with Gasteiger partial charge in [-0.2, -0.15) is 0 Å². The summed E-state index contributed by atoms with van der Waals surface area (Å²) in [6.45, 7) is 0. The van der Waals surface area contributed by atoms with E-state index in [1.54, 1.807) is 7.11 Å². The SMILES string of the molecule is [B]Cc1cc2cc(OC)ccc2o1. The van der Waals surface area contributed by atoms with Gasteiger partial charge in [-0.05, 0) is 30.6 Å². The Balaban J connectivity index is 2.57.